The number of carbonyl (C=O) groups is 2. The molecule has 4 aliphatic rings. The van der Waals surface area contributed by atoms with Crippen LogP contribution < -0.4 is 20.3 Å². The maximum atomic E-state index is 14.4. The lowest BCUT2D eigenvalue weighted by Crippen LogP contribution is -2.63. The fourth-order valence-electron chi connectivity index (χ4n) is 7.73. The van der Waals surface area contributed by atoms with Gasteiger partial charge in [-0.2, -0.15) is 0 Å². The standard InChI is InChI=1S/C37H54FN7O4/c1-24-18-43(32(17-39-24)19-44-25(2)21-48-22-26(44)3)20-34(46)45-27(4)23-49-37-33(45)15-30(14-28-6-8-31(38)9-7-28)35(41-37)36(47)40-16-29-10-12-42(5)13-11-29/h6-9,15,24-27,29,32,39H,10-14,16-23H2,1-5H3,(H,40,47)/t24-,25-,26-,27+,32-/m1/s1. The number of anilines is 1. The number of amides is 2. The highest BCUT2D eigenvalue weighted by molar-refractivity contribution is 5.99. The second kappa shape index (κ2) is 15.8. The van der Waals surface area contributed by atoms with Crippen LogP contribution in [0.25, 0.3) is 0 Å². The molecule has 49 heavy (non-hydrogen) atoms. The Kier molecular flexibility index (Phi) is 11.5. The molecule has 2 N–H and O–H groups in total. The van der Waals surface area contributed by atoms with Crippen molar-refractivity contribution in [3.63, 3.8) is 0 Å². The van der Waals surface area contributed by atoms with Crippen molar-refractivity contribution in [1.82, 2.24) is 30.3 Å². The van der Waals surface area contributed by atoms with Crippen LogP contribution in [-0.4, -0.2) is 134 Å². The topological polar surface area (TPSA) is 103 Å². The number of rotatable bonds is 9. The van der Waals surface area contributed by atoms with Gasteiger partial charge in [-0.15, -0.1) is 0 Å². The molecule has 11 nitrogen and oxygen atoms in total. The Hall–Kier alpha value is -3.16. The molecule has 1 aromatic carbocycles. The minimum atomic E-state index is -0.319. The first-order valence-electron chi connectivity index (χ1n) is 18.1. The summed E-state index contributed by atoms with van der Waals surface area (Å²) in [6, 6.07) is 9.01. The van der Waals surface area contributed by atoms with Crippen LogP contribution in [0.1, 0.15) is 62.2 Å². The number of halogens is 1. The van der Waals surface area contributed by atoms with E-state index in [-0.39, 0.29) is 54.6 Å². The number of nitrogens with one attached hydrogen (secondary N) is 2. The summed E-state index contributed by atoms with van der Waals surface area (Å²) >= 11 is 0. The Labute approximate surface area is 290 Å². The zero-order valence-electron chi connectivity index (χ0n) is 29.8. The SMILES string of the molecule is C[C@@H]1CN(CC(=O)N2c3cc(Cc4ccc(F)cc4)c(C(=O)NCC4CCN(C)CC4)nc3OC[C@@H]2C)[C@@H](CN2[C@H](C)COC[C@H]2C)CN1. The fourth-order valence-corrected chi connectivity index (χ4v) is 7.73. The summed E-state index contributed by atoms with van der Waals surface area (Å²) in [4.78, 5) is 41.8. The lowest BCUT2D eigenvalue weighted by Gasteiger charge is -2.46. The molecule has 0 unspecified atom stereocenters. The molecule has 0 radical (unpaired) electrons. The molecule has 0 bridgehead atoms. The fraction of sp³-hybridized carbons (Fsp3) is 0.649. The molecule has 0 saturated carbocycles. The van der Waals surface area contributed by atoms with E-state index < -0.39 is 0 Å². The quantitative estimate of drug-likeness (QED) is 0.415. The zero-order valence-corrected chi connectivity index (χ0v) is 29.8. The van der Waals surface area contributed by atoms with Crippen molar-refractivity contribution in [2.24, 2.45) is 5.92 Å². The number of piperidine rings is 1. The molecule has 0 aliphatic carbocycles. The van der Waals surface area contributed by atoms with Crippen LogP contribution >= 0.6 is 0 Å². The smallest absolute Gasteiger partial charge is 0.270 e. The van der Waals surface area contributed by atoms with Gasteiger partial charge < -0.3 is 29.9 Å². The summed E-state index contributed by atoms with van der Waals surface area (Å²) in [7, 11) is 2.12. The number of likely N-dealkylation sites (tertiary alicyclic amines) is 1. The van der Waals surface area contributed by atoms with Crippen LogP contribution in [0.5, 0.6) is 5.88 Å². The zero-order chi connectivity index (χ0) is 34.7. The van der Waals surface area contributed by atoms with E-state index in [1.54, 1.807) is 12.1 Å². The normalized spacial score (nSPS) is 27.4. The van der Waals surface area contributed by atoms with Crippen LogP contribution in [0.3, 0.4) is 0 Å². The van der Waals surface area contributed by atoms with E-state index in [1.165, 1.54) is 12.1 Å². The molecule has 5 heterocycles. The number of pyridine rings is 1. The second-order valence-corrected chi connectivity index (χ2v) is 14.8. The van der Waals surface area contributed by atoms with Gasteiger partial charge in [-0.25, -0.2) is 9.37 Å². The molecule has 6 rings (SSSR count). The highest BCUT2D eigenvalue weighted by Gasteiger charge is 2.37. The number of carbonyl (C=O) groups excluding carboxylic acids is 2. The third-order valence-corrected chi connectivity index (χ3v) is 10.7. The van der Waals surface area contributed by atoms with Gasteiger partial charge in [0.15, 0.2) is 0 Å². The van der Waals surface area contributed by atoms with E-state index in [4.69, 9.17) is 14.5 Å². The predicted octanol–water partition coefficient (Wildman–Crippen LogP) is 2.77. The molecule has 5 atom stereocenters. The van der Waals surface area contributed by atoms with Crippen LogP contribution in [0, 0.1) is 11.7 Å². The molecule has 4 aliphatic heterocycles. The van der Waals surface area contributed by atoms with Crippen LogP contribution in [-0.2, 0) is 16.0 Å². The summed E-state index contributed by atoms with van der Waals surface area (Å²) in [5.74, 6) is 0.103. The van der Waals surface area contributed by atoms with E-state index >= 15 is 0 Å². The maximum Gasteiger partial charge on any atom is 0.270 e. The molecule has 3 fully saturated rings. The number of nitrogens with zero attached hydrogens (tertiary/aromatic N) is 5. The highest BCUT2D eigenvalue weighted by atomic mass is 19.1. The highest BCUT2D eigenvalue weighted by Crippen LogP contribution is 2.35. The van der Waals surface area contributed by atoms with Gasteiger partial charge in [0.1, 0.15) is 23.8 Å². The van der Waals surface area contributed by atoms with Crippen molar-refractivity contribution < 1.29 is 23.5 Å². The molecule has 12 heteroatoms. The first-order chi connectivity index (χ1) is 23.5. The van der Waals surface area contributed by atoms with Gasteiger partial charge in [-0.1, -0.05) is 12.1 Å². The number of piperazine rings is 1. The Morgan fingerprint density at radius 2 is 1.73 bits per heavy atom. The molecule has 268 valence electrons. The van der Waals surface area contributed by atoms with Crippen molar-refractivity contribution in [3.8, 4) is 5.88 Å². The Morgan fingerprint density at radius 3 is 2.45 bits per heavy atom. The molecule has 2 amide bonds. The van der Waals surface area contributed by atoms with Gasteiger partial charge in [0.05, 0.1) is 25.8 Å². The molecular weight excluding hydrogens is 625 g/mol. The molecular formula is C37H54FN7O4. The first kappa shape index (κ1) is 35.7. The van der Waals surface area contributed by atoms with Gasteiger partial charge in [-0.05, 0) is 102 Å². The Balaban J connectivity index is 1.25. The summed E-state index contributed by atoms with van der Waals surface area (Å²) in [5, 5.41) is 6.76. The number of ether oxygens (including phenoxy) is 2. The van der Waals surface area contributed by atoms with E-state index in [0.29, 0.717) is 61.3 Å². The minimum absolute atomic E-state index is 0.0202. The van der Waals surface area contributed by atoms with E-state index in [9.17, 15) is 14.0 Å². The van der Waals surface area contributed by atoms with Gasteiger partial charge in [-0.3, -0.25) is 19.4 Å². The van der Waals surface area contributed by atoms with Gasteiger partial charge in [0.25, 0.3) is 5.91 Å². The van der Waals surface area contributed by atoms with Crippen molar-refractivity contribution in [2.75, 3.05) is 77.6 Å². The van der Waals surface area contributed by atoms with Crippen molar-refractivity contribution >= 4 is 17.5 Å². The van der Waals surface area contributed by atoms with Crippen molar-refractivity contribution in [2.45, 2.75) is 77.2 Å². The van der Waals surface area contributed by atoms with Gasteiger partial charge >= 0.3 is 0 Å². The number of benzene rings is 1. The molecule has 2 aromatic rings. The van der Waals surface area contributed by atoms with E-state index in [0.717, 1.165) is 51.1 Å². The average Bonchev–Trinajstić information content (AvgIpc) is 3.07. The third-order valence-electron chi connectivity index (χ3n) is 10.7. The minimum Gasteiger partial charge on any atom is -0.474 e. The van der Waals surface area contributed by atoms with Crippen molar-refractivity contribution in [3.05, 3.63) is 53.0 Å². The second-order valence-electron chi connectivity index (χ2n) is 14.8. The van der Waals surface area contributed by atoms with Gasteiger partial charge in [0.2, 0.25) is 11.8 Å². The van der Waals surface area contributed by atoms with Crippen LogP contribution in [0.15, 0.2) is 30.3 Å². The number of hydrogen-bond donors (Lipinski definition) is 2. The summed E-state index contributed by atoms with van der Waals surface area (Å²) in [6.45, 7) is 15.6. The van der Waals surface area contributed by atoms with Crippen LogP contribution in [0.2, 0.25) is 0 Å². The lowest BCUT2D eigenvalue weighted by atomic mass is 9.97. The monoisotopic (exact) mass is 679 g/mol. The van der Waals surface area contributed by atoms with Crippen LogP contribution in [0.4, 0.5) is 10.1 Å². The third kappa shape index (κ3) is 8.60. The summed E-state index contributed by atoms with van der Waals surface area (Å²) < 4.78 is 25.7. The van der Waals surface area contributed by atoms with Gasteiger partial charge in [0, 0.05) is 50.3 Å². The molecule has 0 spiro atoms. The first-order valence-corrected chi connectivity index (χ1v) is 18.1. The van der Waals surface area contributed by atoms with E-state index in [2.05, 4.69) is 53.2 Å². The average molecular weight is 680 g/mol. The Morgan fingerprint density at radius 1 is 1.02 bits per heavy atom. The number of aromatic nitrogens is 1. The lowest BCUT2D eigenvalue weighted by molar-refractivity contribution is -0.122. The summed E-state index contributed by atoms with van der Waals surface area (Å²) in [6.07, 6.45) is 2.43. The number of fused-ring (bicyclic) bond motifs is 1. The largest absolute Gasteiger partial charge is 0.474 e. The summed E-state index contributed by atoms with van der Waals surface area (Å²) in [5.41, 5.74) is 2.37. The maximum absolute atomic E-state index is 14.4. The molecule has 1 aromatic heterocycles. The number of morpholine rings is 1. The van der Waals surface area contributed by atoms with Crippen molar-refractivity contribution in [1.29, 1.82) is 0 Å². The Bertz CT molecular complexity index is 1440. The molecule has 3 saturated heterocycles. The van der Waals surface area contributed by atoms with E-state index in [1.807, 2.05) is 17.9 Å². The number of hydrogen-bond acceptors (Lipinski definition) is 9. The predicted molar refractivity (Wildman–Crippen MR) is 188 cm³/mol.